The lowest BCUT2D eigenvalue weighted by molar-refractivity contribution is 0.105. The molecule has 1 aliphatic heterocycles. The Bertz CT molecular complexity index is 415. The van der Waals surface area contributed by atoms with Gasteiger partial charge >= 0.3 is 6.09 Å². The van der Waals surface area contributed by atoms with E-state index in [1.807, 2.05) is 4.90 Å². The fraction of sp³-hybridized carbons (Fsp3) is 0.583. The second-order valence-corrected chi connectivity index (χ2v) is 4.22. The summed E-state index contributed by atoms with van der Waals surface area (Å²) >= 11 is 0. The van der Waals surface area contributed by atoms with Crippen LogP contribution in [0.3, 0.4) is 0 Å². The van der Waals surface area contributed by atoms with Gasteiger partial charge in [-0.15, -0.1) is 0 Å². The molecule has 0 aliphatic carbocycles. The number of aliphatic hydroxyl groups is 1. The molecular formula is C12H18N4O3. The van der Waals surface area contributed by atoms with E-state index in [1.54, 1.807) is 24.2 Å². The first kappa shape index (κ1) is 13.5. The van der Waals surface area contributed by atoms with Gasteiger partial charge in [-0.05, 0) is 6.92 Å². The van der Waals surface area contributed by atoms with Crippen LogP contribution in [-0.4, -0.2) is 58.9 Å². The van der Waals surface area contributed by atoms with Gasteiger partial charge in [0.1, 0.15) is 0 Å². The molecule has 1 amide bonds. The smallest absolute Gasteiger partial charge is 0.409 e. The first-order valence-electron chi connectivity index (χ1n) is 6.33. The standard InChI is InChI=1S/C12H18N4O3/c1-2-19-12(18)16-5-3-15(4-6-16)11-13-7-10(9-17)8-14-11/h7-8,17H,2-6,9H2,1H3. The second-order valence-electron chi connectivity index (χ2n) is 4.22. The Kier molecular flexibility index (Phi) is 4.51. The quantitative estimate of drug-likeness (QED) is 0.844. The average Bonchev–Trinajstić information content (AvgIpc) is 2.48. The first-order valence-corrected chi connectivity index (χ1v) is 6.33. The second kappa shape index (κ2) is 6.33. The third-order valence-electron chi connectivity index (χ3n) is 2.96. The molecule has 1 fully saturated rings. The SMILES string of the molecule is CCOC(=O)N1CCN(c2ncc(CO)cn2)CC1. The number of carbonyl (C=O) groups is 1. The molecule has 2 heterocycles. The highest BCUT2D eigenvalue weighted by molar-refractivity contribution is 5.68. The van der Waals surface area contributed by atoms with Crippen LogP contribution in [0.4, 0.5) is 10.7 Å². The van der Waals surface area contributed by atoms with Crippen LogP contribution >= 0.6 is 0 Å². The molecule has 19 heavy (non-hydrogen) atoms. The van der Waals surface area contributed by atoms with Gasteiger partial charge < -0.3 is 19.6 Å². The summed E-state index contributed by atoms with van der Waals surface area (Å²) in [5.41, 5.74) is 0.689. The normalized spacial score (nSPS) is 15.5. The summed E-state index contributed by atoms with van der Waals surface area (Å²) in [5, 5.41) is 8.93. The van der Waals surface area contributed by atoms with Crippen molar-refractivity contribution in [3.05, 3.63) is 18.0 Å². The molecule has 7 heteroatoms. The molecule has 1 aromatic heterocycles. The number of hydrogen-bond acceptors (Lipinski definition) is 6. The van der Waals surface area contributed by atoms with Crippen LogP contribution in [0.1, 0.15) is 12.5 Å². The monoisotopic (exact) mass is 266 g/mol. The zero-order valence-corrected chi connectivity index (χ0v) is 10.9. The van der Waals surface area contributed by atoms with Gasteiger partial charge in [0.25, 0.3) is 0 Å². The van der Waals surface area contributed by atoms with Crippen molar-refractivity contribution in [2.75, 3.05) is 37.7 Å². The number of piperazine rings is 1. The Morgan fingerprint density at radius 1 is 1.32 bits per heavy atom. The van der Waals surface area contributed by atoms with Crippen LogP contribution in [0.25, 0.3) is 0 Å². The van der Waals surface area contributed by atoms with Gasteiger partial charge in [0.15, 0.2) is 0 Å². The molecule has 0 saturated carbocycles. The molecular weight excluding hydrogens is 248 g/mol. The minimum atomic E-state index is -0.265. The van der Waals surface area contributed by atoms with Crippen molar-refractivity contribution in [3.8, 4) is 0 Å². The predicted molar refractivity (Wildman–Crippen MR) is 68.8 cm³/mol. The molecule has 2 rings (SSSR count). The zero-order chi connectivity index (χ0) is 13.7. The van der Waals surface area contributed by atoms with Crippen molar-refractivity contribution in [3.63, 3.8) is 0 Å². The lowest BCUT2D eigenvalue weighted by Gasteiger charge is -2.33. The molecule has 0 unspecified atom stereocenters. The molecule has 1 saturated heterocycles. The molecule has 1 aliphatic rings. The number of rotatable bonds is 3. The Morgan fingerprint density at radius 3 is 2.47 bits per heavy atom. The number of anilines is 1. The average molecular weight is 266 g/mol. The van der Waals surface area contributed by atoms with E-state index in [0.717, 1.165) is 0 Å². The van der Waals surface area contributed by atoms with Crippen LogP contribution in [0.15, 0.2) is 12.4 Å². The summed E-state index contributed by atoms with van der Waals surface area (Å²) in [6, 6.07) is 0. The lowest BCUT2D eigenvalue weighted by Crippen LogP contribution is -2.49. The molecule has 1 aromatic rings. The van der Waals surface area contributed by atoms with Crippen molar-refractivity contribution in [2.45, 2.75) is 13.5 Å². The van der Waals surface area contributed by atoms with Crippen LogP contribution in [0.5, 0.6) is 0 Å². The highest BCUT2D eigenvalue weighted by Gasteiger charge is 2.23. The first-order chi connectivity index (χ1) is 9.24. The number of nitrogens with zero attached hydrogens (tertiary/aromatic N) is 4. The third kappa shape index (κ3) is 3.31. The van der Waals surface area contributed by atoms with E-state index >= 15 is 0 Å². The van der Waals surface area contributed by atoms with E-state index < -0.39 is 0 Å². The Hall–Kier alpha value is -1.89. The highest BCUT2D eigenvalue weighted by atomic mass is 16.6. The zero-order valence-electron chi connectivity index (χ0n) is 10.9. The van der Waals surface area contributed by atoms with Gasteiger partial charge in [0.05, 0.1) is 13.2 Å². The summed E-state index contributed by atoms with van der Waals surface area (Å²) in [7, 11) is 0. The minimum absolute atomic E-state index is 0.0586. The van der Waals surface area contributed by atoms with Gasteiger partial charge in [-0.3, -0.25) is 0 Å². The molecule has 0 spiro atoms. The van der Waals surface area contributed by atoms with Gasteiger partial charge in [0.2, 0.25) is 5.95 Å². The van der Waals surface area contributed by atoms with Crippen LogP contribution in [-0.2, 0) is 11.3 Å². The molecule has 7 nitrogen and oxygen atoms in total. The largest absolute Gasteiger partial charge is 0.450 e. The van der Waals surface area contributed by atoms with E-state index in [2.05, 4.69) is 9.97 Å². The van der Waals surface area contributed by atoms with E-state index in [4.69, 9.17) is 9.84 Å². The summed E-state index contributed by atoms with van der Waals surface area (Å²) in [6.45, 7) is 4.69. The highest BCUT2D eigenvalue weighted by Crippen LogP contribution is 2.11. The van der Waals surface area contributed by atoms with Crippen molar-refractivity contribution in [1.29, 1.82) is 0 Å². The molecule has 0 bridgehead atoms. The number of aliphatic hydroxyl groups excluding tert-OH is 1. The van der Waals surface area contributed by atoms with Crippen molar-refractivity contribution < 1.29 is 14.6 Å². The van der Waals surface area contributed by atoms with Crippen LogP contribution in [0, 0.1) is 0 Å². The molecule has 0 atom stereocenters. The van der Waals surface area contributed by atoms with Crippen molar-refractivity contribution in [1.82, 2.24) is 14.9 Å². The summed E-state index contributed by atoms with van der Waals surface area (Å²) in [4.78, 5) is 23.6. The molecule has 1 N–H and O–H groups in total. The van der Waals surface area contributed by atoms with Gasteiger partial charge in [-0.25, -0.2) is 14.8 Å². The van der Waals surface area contributed by atoms with Crippen LogP contribution < -0.4 is 4.90 Å². The third-order valence-corrected chi connectivity index (χ3v) is 2.96. The van der Waals surface area contributed by atoms with Gasteiger partial charge in [0, 0.05) is 44.1 Å². The maximum atomic E-state index is 11.6. The van der Waals surface area contributed by atoms with E-state index in [9.17, 15) is 4.79 Å². The minimum Gasteiger partial charge on any atom is -0.450 e. The van der Waals surface area contributed by atoms with Crippen LogP contribution in [0.2, 0.25) is 0 Å². The van der Waals surface area contributed by atoms with E-state index in [0.29, 0.717) is 44.3 Å². The number of amides is 1. The fourth-order valence-electron chi connectivity index (χ4n) is 1.90. The topological polar surface area (TPSA) is 78.8 Å². The van der Waals surface area contributed by atoms with E-state index in [-0.39, 0.29) is 12.7 Å². The lowest BCUT2D eigenvalue weighted by atomic mass is 10.3. The number of hydrogen-bond donors (Lipinski definition) is 1. The van der Waals surface area contributed by atoms with Gasteiger partial charge in [-0.2, -0.15) is 0 Å². The fourth-order valence-corrected chi connectivity index (χ4v) is 1.90. The van der Waals surface area contributed by atoms with Crippen molar-refractivity contribution >= 4 is 12.0 Å². The molecule has 0 aromatic carbocycles. The Balaban J connectivity index is 1.90. The number of carbonyl (C=O) groups excluding carboxylic acids is 1. The predicted octanol–water partition coefficient (Wildman–Crippen LogP) is 0.247. The molecule has 0 radical (unpaired) electrons. The maximum absolute atomic E-state index is 11.6. The number of ether oxygens (including phenoxy) is 1. The Morgan fingerprint density at radius 2 is 1.95 bits per heavy atom. The van der Waals surface area contributed by atoms with E-state index in [1.165, 1.54) is 0 Å². The molecule has 104 valence electrons. The number of aromatic nitrogens is 2. The maximum Gasteiger partial charge on any atom is 0.409 e. The Labute approximate surface area is 111 Å². The summed E-state index contributed by atoms with van der Waals surface area (Å²) in [6.07, 6.45) is 2.96. The van der Waals surface area contributed by atoms with Gasteiger partial charge in [-0.1, -0.05) is 0 Å². The summed E-state index contributed by atoms with van der Waals surface area (Å²) < 4.78 is 4.96. The summed E-state index contributed by atoms with van der Waals surface area (Å²) in [5.74, 6) is 0.626. The van der Waals surface area contributed by atoms with Crippen molar-refractivity contribution in [2.24, 2.45) is 0 Å².